The van der Waals surface area contributed by atoms with Crippen LogP contribution < -0.4 is 4.74 Å². The van der Waals surface area contributed by atoms with Crippen LogP contribution in [0.1, 0.15) is 12.8 Å². The minimum atomic E-state index is -0.0249. The summed E-state index contributed by atoms with van der Waals surface area (Å²) in [7, 11) is 0. The summed E-state index contributed by atoms with van der Waals surface area (Å²) in [6.45, 7) is 1.98. The SMILES string of the molecule is O=C1CCCN1CC(=O)N1CC(Oc2ccccc2Cl)C1. The molecule has 0 unspecified atom stereocenters. The molecular formula is C15H17ClN2O3. The second kappa shape index (κ2) is 5.93. The Morgan fingerprint density at radius 2 is 2.10 bits per heavy atom. The van der Waals surface area contributed by atoms with Gasteiger partial charge < -0.3 is 14.5 Å². The summed E-state index contributed by atoms with van der Waals surface area (Å²) in [4.78, 5) is 26.9. The largest absolute Gasteiger partial charge is 0.485 e. The zero-order chi connectivity index (χ0) is 14.8. The van der Waals surface area contributed by atoms with Crippen molar-refractivity contribution in [3.8, 4) is 5.75 Å². The summed E-state index contributed by atoms with van der Waals surface area (Å²) in [5, 5.41) is 0.574. The monoisotopic (exact) mass is 308 g/mol. The van der Waals surface area contributed by atoms with Gasteiger partial charge in [0.15, 0.2) is 0 Å². The predicted octanol–water partition coefficient (Wildman–Crippen LogP) is 1.55. The van der Waals surface area contributed by atoms with Crippen LogP contribution in [0.15, 0.2) is 24.3 Å². The van der Waals surface area contributed by atoms with Crippen LogP contribution in [-0.4, -0.2) is 53.9 Å². The molecule has 0 N–H and O–H groups in total. The van der Waals surface area contributed by atoms with Crippen LogP contribution in [0, 0.1) is 0 Å². The molecule has 0 atom stereocenters. The van der Waals surface area contributed by atoms with Crippen LogP contribution in [0.4, 0.5) is 0 Å². The van der Waals surface area contributed by atoms with Gasteiger partial charge in [-0.15, -0.1) is 0 Å². The maximum Gasteiger partial charge on any atom is 0.242 e. The fourth-order valence-electron chi connectivity index (χ4n) is 2.57. The van der Waals surface area contributed by atoms with Gasteiger partial charge in [-0.2, -0.15) is 0 Å². The van der Waals surface area contributed by atoms with Crippen molar-refractivity contribution in [2.75, 3.05) is 26.2 Å². The first-order valence-electron chi connectivity index (χ1n) is 7.10. The van der Waals surface area contributed by atoms with Gasteiger partial charge in [-0.05, 0) is 18.6 Å². The Balaban J connectivity index is 1.46. The van der Waals surface area contributed by atoms with E-state index >= 15 is 0 Å². The molecule has 2 saturated heterocycles. The van der Waals surface area contributed by atoms with Crippen molar-refractivity contribution in [1.29, 1.82) is 0 Å². The van der Waals surface area contributed by atoms with E-state index in [4.69, 9.17) is 16.3 Å². The van der Waals surface area contributed by atoms with Crippen LogP contribution >= 0.6 is 11.6 Å². The molecule has 0 aliphatic carbocycles. The summed E-state index contributed by atoms with van der Waals surface area (Å²) in [5.41, 5.74) is 0. The molecule has 0 bridgehead atoms. The second-order valence-electron chi connectivity index (χ2n) is 5.39. The van der Waals surface area contributed by atoms with Gasteiger partial charge in [-0.25, -0.2) is 0 Å². The summed E-state index contributed by atoms with van der Waals surface area (Å²) in [5.74, 6) is 0.711. The third-order valence-corrected chi connectivity index (χ3v) is 4.14. The predicted molar refractivity (Wildman–Crippen MR) is 78.3 cm³/mol. The van der Waals surface area contributed by atoms with Crippen LogP contribution in [0.5, 0.6) is 5.75 Å². The van der Waals surface area contributed by atoms with E-state index in [9.17, 15) is 9.59 Å². The first-order chi connectivity index (χ1) is 10.1. The number of ether oxygens (including phenoxy) is 1. The Bertz CT molecular complexity index is 558. The Hall–Kier alpha value is -1.75. The van der Waals surface area contributed by atoms with Gasteiger partial charge >= 0.3 is 0 Å². The molecule has 0 radical (unpaired) electrons. The van der Waals surface area contributed by atoms with E-state index in [1.165, 1.54) is 0 Å². The van der Waals surface area contributed by atoms with Gasteiger partial charge in [0, 0.05) is 13.0 Å². The van der Waals surface area contributed by atoms with Crippen LogP contribution in [-0.2, 0) is 9.59 Å². The topological polar surface area (TPSA) is 49.9 Å². The van der Waals surface area contributed by atoms with Crippen LogP contribution in [0.3, 0.4) is 0 Å². The number of nitrogens with zero attached hydrogens (tertiary/aromatic N) is 2. The molecule has 112 valence electrons. The molecule has 3 rings (SSSR count). The molecule has 0 aromatic heterocycles. The van der Waals surface area contributed by atoms with E-state index in [0.29, 0.717) is 36.8 Å². The zero-order valence-electron chi connectivity index (χ0n) is 11.6. The Morgan fingerprint density at radius 3 is 2.76 bits per heavy atom. The molecule has 0 spiro atoms. The lowest BCUT2D eigenvalue weighted by Crippen LogP contribution is -2.58. The minimum absolute atomic E-state index is 0.00995. The second-order valence-corrected chi connectivity index (χ2v) is 5.80. The number of para-hydroxylation sites is 1. The summed E-state index contributed by atoms with van der Waals surface area (Å²) >= 11 is 6.03. The molecule has 1 aromatic rings. The molecule has 21 heavy (non-hydrogen) atoms. The van der Waals surface area contributed by atoms with E-state index in [0.717, 1.165) is 6.42 Å². The number of halogens is 1. The molecule has 2 heterocycles. The third-order valence-electron chi connectivity index (χ3n) is 3.83. The lowest BCUT2D eigenvalue weighted by molar-refractivity contribution is -0.144. The molecule has 2 fully saturated rings. The molecule has 2 amide bonds. The third kappa shape index (κ3) is 3.13. The molecule has 0 saturated carbocycles. The minimum Gasteiger partial charge on any atom is -0.485 e. The maximum absolute atomic E-state index is 12.0. The van der Waals surface area contributed by atoms with Gasteiger partial charge in [-0.3, -0.25) is 9.59 Å². The van der Waals surface area contributed by atoms with Crippen LogP contribution in [0.2, 0.25) is 5.02 Å². The highest BCUT2D eigenvalue weighted by atomic mass is 35.5. The summed E-state index contributed by atoms with van der Waals surface area (Å²) in [6.07, 6.45) is 1.39. The van der Waals surface area contributed by atoms with Crippen molar-refractivity contribution in [2.24, 2.45) is 0 Å². The number of amides is 2. The molecule has 5 nitrogen and oxygen atoms in total. The maximum atomic E-state index is 12.0. The van der Waals surface area contributed by atoms with E-state index in [-0.39, 0.29) is 24.5 Å². The number of carbonyl (C=O) groups excluding carboxylic acids is 2. The number of hydrogen-bond donors (Lipinski definition) is 0. The summed E-state index contributed by atoms with van der Waals surface area (Å²) in [6, 6.07) is 7.30. The van der Waals surface area contributed by atoms with Crippen molar-refractivity contribution >= 4 is 23.4 Å². The summed E-state index contributed by atoms with van der Waals surface area (Å²) < 4.78 is 5.75. The van der Waals surface area contributed by atoms with Gasteiger partial charge in [0.25, 0.3) is 0 Å². The Morgan fingerprint density at radius 1 is 1.33 bits per heavy atom. The van der Waals surface area contributed by atoms with Gasteiger partial charge in [-0.1, -0.05) is 23.7 Å². The fraction of sp³-hybridized carbons (Fsp3) is 0.467. The first kappa shape index (κ1) is 14.2. The van der Waals surface area contributed by atoms with Crippen LogP contribution in [0.25, 0.3) is 0 Å². The Labute approximate surface area is 128 Å². The molecule has 2 aliphatic rings. The van der Waals surface area contributed by atoms with Crippen molar-refractivity contribution in [1.82, 2.24) is 9.80 Å². The van der Waals surface area contributed by atoms with Gasteiger partial charge in [0.1, 0.15) is 11.9 Å². The molecular weight excluding hydrogens is 292 g/mol. The fourth-order valence-corrected chi connectivity index (χ4v) is 2.75. The van der Waals surface area contributed by atoms with E-state index in [2.05, 4.69) is 0 Å². The molecule has 1 aromatic carbocycles. The zero-order valence-corrected chi connectivity index (χ0v) is 12.4. The molecule has 2 aliphatic heterocycles. The Kier molecular flexibility index (Phi) is 4.01. The average Bonchev–Trinajstić information content (AvgIpc) is 2.81. The van der Waals surface area contributed by atoms with Crippen molar-refractivity contribution in [3.05, 3.63) is 29.3 Å². The van der Waals surface area contributed by atoms with E-state index in [1.807, 2.05) is 18.2 Å². The van der Waals surface area contributed by atoms with E-state index in [1.54, 1.807) is 15.9 Å². The number of benzene rings is 1. The van der Waals surface area contributed by atoms with Crippen molar-refractivity contribution < 1.29 is 14.3 Å². The lowest BCUT2D eigenvalue weighted by Gasteiger charge is -2.39. The smallest absolute Gasteiger partial charge is 0.242 e. The number of likely N-dealkylation sites (tertiary alicyclic amines) is 2. The van der Waals surface area contributed by atoms with E-state index < -0.39 is 0 Å². The standard InChI is InChI=1S/C15H17ClN2O3/c16-12-4-1-2-5-13(12)21-11-8-18(9-11)15(20)10-17-7-3-6-14(17)19/h1-2,4-5,11H,3,6-10H2. The highest BCUT2D eigenvalue weighted by molar-refractivity contribution is 6.32. The normalized spacial score (nSPS) is 18.8. The van der Waals surface area contributed by atoms with Crippen molar-refractivity contribution in [3.63, 3.8) is 0 Å². The van der Waals surface area contributed by atoms with Crippen molar-refractivity contribution in [2.45, 2.75) is 18.9 Å². The molecule has 6 heteroatoms. The number of carbonyl (C=O) groups is 2. The quantitative estimate of drug-likeness (QED) is 0.848. The lowest BCUT2D eigenvalue weighted by atomic mass is 10.1. The number of rotatable bonds is 4. The highest BCUT2D eigenvalue weighted by Gasteiger charge is 2.34. The average molecular weight is 309 g/mol. The number of hydrogen-bond acceptors (Lipinski definition) is 3. The first-order valence-corrected chi connectivity index (χ1v) is 7.48. The van der Waals surface area contributed by atoms with Gasteiger partial charge in [0.05, 0.1) is 24.7 Å². The highest BCUT2D eigenvalue weighted by Crippen LogP contribution is 2.26. The van der Waals surface area contributed by atoms with Gasteiger partial charge in [0.2, 0.25) is 11.8 Å².